The van der Waals surface area contributed by atoms with E-state index in [2.05, 4.69) is 24.4 Å². The topological polar surface area (TPSA) is 108 Å². The van der Waals surface area contributed by atoms with Crippen LogP contribution in [-0.2, 0) is 14.3 Å². The van der Waals surface area contributed by atoms with Crippen LogP contribution in [0.5, 0.6) is 0 Å². The van der Waals surface area contributed by atoms with Gasteiger partial charge in [-0.1, -0.05) is 76.9 Å². The van der Waals surface area contributed by atoms with Crippen molar-refractivity contribution in [3.8, 4) is 0 Å². The van der Waals surface area contributed by atoms with Crippen molar-refractivity contribution in [3.63, 3.8) is 0 Å². The highest BCUT2D eigenvalue weighted by atomic mass is 16.7. The average Bonchev–Trinajstić information content (AvgIpc) is 2.80. The predicted molar refractivity (Wildman–Crippen MR) is 131 cm³/mol. The molecule has 1 rings (SSSR count). The highest BCUT2D eigenvalue weighted by Gasteiger charge is 2.45. The Morgan fingerprint density at radius 1 is 0.879 bits per heavy atom. The quantitative estimate of drug-likeness (QED) is 0.168. The summed E-state index contributed by atoms with van der Waals surface area (Å²) < 4.78 is 11.3. The summed E-state index contributed by atoms with van der Waals surface area (Å²) >= 11 is 0. The highest BCUT2D eigenvalue weighted by molar-refractivity contribution is 5.73. The molecular formula is C26H49NO6. The number of aliphatic hydroxyl groups is 3. The zero-order chi connectivity index (χ0) is 24.3. The number of hydrogen-bond donors (Lipinski definition) is 4. The molecule has 1 aliphatic heterocycles. The van der Waals surface area contributed by atoms with E-state index < -0.39 is 37.3 Å². The molecule has 33 heavy (non-hydrogen) atoms. The van der Waals surface area contributed by atoms with E-state index in [1.54, 1.807) is 0 Å². The van der Waals surface area contributed by atoms with Crippen molar-refractivity contribution in [1.82, 2.24) is 5.32 Å². The van der Waals surface area contributed by atoms with Crippen LogP contribution >= 0.6 is 0 Å². The number of unbranched alkanes of at least 4 members (excludes halogenated alkanes) is 12. The SMILES string of the molecule is CCCCCCCC/C=C\CCCCCCCCO[C@H]1O[C@H](CO)[C@@H](O)[C@H](O)[C@H]1NC(C)=O. The first-order valence-electron chi connectivity index (χ1n) is 13.2. The fraction of sp³-hybridized carbons (Fsp3) is 0.885. The number of rotatable bonds is 19. The third kappa shape index (κ3) is 13.5. The van der Waals surface area contributed by atoms with Crippen LogP contribution in [0.3, 0.4) is 0 Å². The first-order chi connectivity index (χ1) is 16.0. The fourth-order valence-electron chi connectivity index (χ4n) is 4.16. The van der Waals surface area contributed by atoms with Crippen LogP contribution < -0.4 is 5.32 Å². The monoisotopic (exact) mass is 471 g/mol. The molecule has 0 aliphatic carbocycles. The minimum absolute atomic E-state index is 0.344. The van der Waals surface area contributed by atoms with E-state index in [-0.39, 0.29) is 5.91 Å². The second kappa shape index (κ2) is 19.3. The molecule has 0 bridgehead atoms. The van der Waals surface area contributed by atoms with Crippen LogP contribution in [-0.4, -0.2) is 65.1 Å². The maximum absolute atomic E-state index is 11.4. The Bertz CT molecular complexity index is 515. The number of amides is 1. The molecule has 0 aromatic rings. The van der Waals surface area contributed by atoms with Gasteiger partial charge in [0.05, 0.1) is 6.61 Å². The van der Waals surface area contributed by atoms with Gasteiger partial charge in [0.15, 0.2) is 6.29 Å². The van der Waals surface area contributed by atoms with Crippen LogP contribution in [0.15, 0.2) is 12.2 Å². The molecule has 194 valence electrons. The van der Waals surface area contributed by atoms with Gasteiger partial charge in [0.25, 0.3) is 0 Å². The van der Waals surface area contributed by atoms with E-state index in [4.69, 9.17) is 9.47 Å². The van der Waals surface area contributed by atoms with Crippen molar-refractivity contribution in [2.45, 2.75) is 134 Å². The normalized spacial score (nSPS) is 25.5. The van der Waals surface area contributed by atoms with Crippen molar-refractivity contribution in [2.24, 2.45) is 0 Å². The summed E-state index contributed by atoms with van der Waals surface area (Å²) in [4.78, 5) is 11.4. The van der Waals surface area contributed by atoms with Gasteiger partial charge in [0, 0.05) is 13.5 Å². The average molecular weight is 472 g/mol. The van der Waals surface area contributed by atoms with E-state index in [9.17, 15) is 20.1 Å². The van der Waals surface area contributed by atoms with Gasteiger partial charge in [-0.3, -0.25) is 4.79 Å². The summed E-state index contributed by atoms with van der Waals surface area (Å²) in [5.74, 6) is -0.344. The molecule has 1 heterocycles. The Hall–Kier alpha value is -0.990. The van der Waals surface area contributed by atoms with Gasteiger partial charge in [0.1, 0.15) is 24.4 Å². The zero-order valence-corrected chi connectivity index (χ0v) is 20.9. The van der Waals surface area contributed by atoms with Crippen LogP contribution in [0.1, 0.15) is 104 Å². The van der Waals surface area contributed by atoms with Gasteiger partial charge in [0.2, 0.25) is 5.91 Å². The maximum atomic E-state index is 11.4. The van der Waals surface area contributed by atoms with Crippen molar-refractivity contribution < 1.29 is 29.6 Å². The number of aliphatic hydroxyl groups excluding tert-OH is 3. The smallest absolute Gasteiger partial charge is 0.217 e. The molecule has 0 saturated carbocycles. The number of allylic oxidation sites excluding steroid dienone is 2. The molecule has 1 aliphatic rings. The largest absolute Gasteiger partial charge is 0.394 e. The molecule has 0 aromatic carbocycles. The molecule has 0 radical (unpaired) electrons. The number of carbonyl (C=O) groups excluding carboxylic acids is 1. The Balaban J connectivity index is 2.05. The molecular weight excluding hydrogens is 422 g/mol. The van der Waals surface area contributed by atoms with Crippen LogP contribution in [0.25, 0.3) is 0 Å². The molecule has 4 N–H and O–H groups in total. The van der Waals surface area contributed by atoms with Gasteiger partial charge in [-0.25, -0.2) is 0 Å². The summed E-state index contributed by atoms with van der Waals surface area (Å²) in [6, 6.07) is -0.866. The highest BCUT2D eigenvalue weighted by Crippen LogP contribution is 2.22. The molecule has 1 saturated heterocycles. The molecule has 0 aromatic heterocycles. The van der Waals surface area contributed by atoms with Crippen LogP contribution in [0, 0.1) is 0 Å². The summed E-state index contributed by atoms with van der Waals surface area (Å²) in [6.45, 7) is 3.59. The maximum Gasteiger partial charge on any atom is 0.217 e. The summed E-state index contributed by atoms with van der Waals surface area (Å²) in [5, 5.41) is 32.2. The molecule has 7 nitrogen and oxygen atoms in total. The summed E-state index contributed by atoms with van der Waals surface area (Å²) in [5.41, 5.74) is 0. The Labute approximate surface area is 200 Å². The first-order valence-corrected chi connectivity index (χ1v) is 13.2. The summed E-state index contributed by atoms with van der Waals surface area (Å²) in [7, 11) is 0. The van der Waals surface area contributed by atoms with E-state index in [0.29, 0.717) is 6.61 Å². The number of hydrogen-bond acceptors (Lipinski definition) is 6. The zero-order valence-electron chi connectivity index (χ0n) is 20.9. The lowest BCUT2D eigenvalue weighted by Gasteiger charge is -2.42. The molecule has 0 unspecified atom stereocenters. The Morgan fingerprint density at radius 2 is 1.42 bits per heavy atom. The van der Waals surface area contributed by atoms with Crippen molar-refractivity contribution in [2.75, 3.05) is 13.2 Å². The second-order valence-electron chi connectivity index (χ2n) is 9.24. The summed E-state index contributed by atoms with van der Waals surface area (Å²) in [6.07, 6.45) is 17.5. The molecule has 1 amide bonds. The molecule has 5 atom stereocenters. The second-order valence-corrected chi connectivity index (χ2v) is 9.24. The van der Waals surface area contributed by atoms with Gasteiger partial charge in [-0.15, -0.1) is 0 Å². The predicted octanol–water partition coefficient (Wildman–Crippen LogP) is 3.98. The van der Waals surface area contributed by atoms with E-state index in [1.807, 2.05) is 0 Å². The molecule has 1 fully saturated rings. The van der Waals surface area contributed by atoms with Crippen molar-refractivity contribution in [3.05, 3.63) is 12.2 Å². The van der Waals surface area contributed by atoms with Gasteiger partial charge >= 0.3 is 0 Å². The van der Waals surface area contributed by atoms with Gasteiger partial charge < -0.3 is 30.1 Å². The molecule has 7 heteroatoms. The van der Waals surface area contributed by atoms with E-state index in [1.165, 1.54) is 77.6 Å². The molecule has 0 spiro atoms. The van der Waals surface area contributed by atoms with E-state index >= 15 is 0 Å². The number of carbonyl (C=O) groups is 1. The van der Waals surface area contributed by atoms with Crippen LogP contribution in [0.4, 0.5) is 0 Å². The number of ether oxygens (including phenoxy) is 2. The van der Waals surface area contributed by atoms with Crippen LogP contribution in [0.2, 0.25) is 0 Å². The minimum atomic E-state index is -1.28. The first kappa shape index (κ1) is 30.0. The lowest BCUT2D eigenvalue weighted by atomic mass is 9.97. The van der Waals surface area contributed by atoms with E-state index in [0.717, 1.165) is 19.3 Å². The minimum Gasteiger partial charge on any atom is -0.394 e. The number of nitrogens with one attached hydrogen (secondary N) is 1. The third-order valence-corrected chi connectivity index (χ3v) is 6.19. The lowest BCUT2D eigenvalue weighted by molar-refractivity contribution is -0.270. The Morgan fingerprint density at radius 3 is 1.97 bits per heavy atom. The lowest BCUT2D eigenvalue weighted by Crippen LogP contribution is -2.64. The van der Waals surface area contributed by atoms with Gasteiger partial charge in [-0.05, 0) is 32.1 Å². The van der Waals surface area contributed by atoms with Gasteiger partial charge in [-0.2, -0.15) is 0 Å². The standard InChI is InChI=1S/C26H49NO6/c1-3-4-5-6-7-8-9-10-11-12-13-14-15-16-17-18-19-32-26-23(27-21(2)29)25(31)24(30)22(20-28)33-26/h10-11,22-26,28,30-31H,3-9,12-20H2,1-2H3,(H,27,29)/b11-10-/t22-,23-,24-,25-,26+/m1/s1. The van der Waals surface area contributed by atoms with Crippen molar-refractivity contribution in [1.29, 1.82) is 0 Å². The fourth-order valence-corrected chi connectivity index (χ4v) is 4.16. The Kier molecular flexibility index (Phi) is 17.6. The van der Waals surface area contributed by atoms with Crippen molar-refractivity contribution >= 4 is 5.91 Å². The third-order valence-electron chi connectivity index (χ3n) is 6.19.